The van der Waals surface area contributed by atoms with Crippen molar-refractivity contribution in [1.29, 1.82) is 0 Å². The zero-order chi connectivity index (χ0) is 12.6. The number of rotatable bonds is 2. The number of hydrogen-bond acceptors (Lipinski definition) is 6. The molecule has 4 unspecified atom stereocenters. The third-order valence-corrected chi connectivity index (χ3v) is 2.70. The van der Waals surface area contributed by atoms with Crippen molar-refractivity contribution < 1.29 is 20.1 Å². The molecular weight excluding hydrogens is 232 g/mol. The molecule has 0 saturated carbocycles. The SMILES string of the molecule is O=c1[nH]cc(C2OC(CO)C(O)C2O)c(=O)[nH]1. The molecule has 0 amide bonds. The van der Waals surface area contributed by atoms with E-state index in [2.05, 4.69) is 4.98 Å². The largest absolute Gasteiger partial charge is 0.394 e. The Labute approximate surface area is 94.5 Å². The van der Waals surface area contributed by atoms with E-state index in [-0.39, 0.29) is 5.56 Å². The van der Waals surface area contributed by atoms with Crippen molar-refractivity contribution in [3.63, 3.8) is 0 Å². The average molecular weight is 244 g/mol. The van der Waals surface area contributed by atoms with E-state index in [0.717, 1.165) is 6.20 Å². The fraction of sp³-hybridized carbons (Fsp3) is 0.556. The highest BCUT2D eigenvalue weighted by atomic mass is 16.6. The zero-order valence-corrected chi connectivity index (χ0v) is 8.66. The van der Waals surface area contributed by atoms with Gasteiger partial charge in [-0.1, -0.05) is 0 Å². The Morgan fingerprint density at radius 1 is 1.29 bits per heavy atom. The number of aromatic amines is 2. The fourth-order valence-corrected chi connectivity index (χ4v) is 1.79. The minimum Gasteiger partial charge on any atom is -0.394 e. The fourth-order valence-electron chi connectivity index (χ4n) is 1.79. The van der Waals surface area contributed by atoms with E-state index in [1.807, 2.05) is 4.98 Å². The number of aliphatic hydroxyl groups excluding tert-OH is 3. The number of aromatic nitrogens is 2. The summed E-state index contributed by atoms with van der Waals surface area (Å²) in [6.07, 6.45) is -3.54. The number of ether oxygens (including phenoxy) is 1. The number of aliphatic hydroxyl groups is 3. The summed E-state index contributed by atoms with van der Waals surface area (Å²) in [5.74, 6) is 0. The molecule has 1 aromatic rings. The molecule has 0 spiro atoms. The lowest BCUT2D eigenvalue weighted by atomic mass is 10.0. The van der Waals surface area contributed by atoms with Crippen molar-refractivity contribution >= 4 is 0 Å². The lowest BCUT2D eigenvalue weighted by molar-refractivity contribution is -0.0232. The summed E-state index contributed by atoms with van der Waals surface area (Å²) in [7, 11) is 0. The van der Waals surface area contributed by atoms with Gasteiger partial charge in [-0.2, -0.15) is 0 Å². The average Bonchev–Trinajstić information content (AvgIpc) is 2.57. The van der Waals surface area contributed by atoms with E-state index in [1.54, 1.807) is 0 Å². The third-order valence-electron chi connectivity index (χ3n) is 2.70. The van der Waals surface area contributed by atoms with Gasteiger partial charge in [-0.15, -0.1) is 0 Å². The quantitative estimate of drug-likeness (QED) is 0.382. The summed E-state index contributed by atoms with van der Waals surface area (Å²) in [5, 5.41) is 28.1. The van der Waals surface area contributed by atoms with E-state index in [4.69, 9.17) is 9.84 Å². The van der Waals surface area contributed by atoms with Crippen molar-refractivity contribution in [2.24, 2.45) is 0 Å². The highest BCUT2D eigenvalue weighted by Gasteiger charge is 2.44. The van der Waals surface area contributed by atoms with E-state index in [9.17, 15) is 19.8 Å². The molecule has 1 aromatic heterocycles. The zero-order valence-electron chi connectivity index (χ0n) is 8.66. The van der Waals surface area contributed by atoms with Crippen molar-refractivity contribution in [3.05, 3.63) is 32.6 Å². The van der Waals surface area contributed by atoms with Gasteiger partial charge >= 0.3 is 5.69 Å². The summed E-state index contributed by atoms with van der Waals surface area (Å²) < 4.78 is 5.15. The van der Waals surface area contributed by atoms with Gasteiger partial charge in [0, 0.05) is 6.20 Å². The van der Waals surface area contributed by atoms with Crippen molar-refractivity contribution in [2.45, 2.75) is 24.4 Å². The van der Waals surface area contributed by atoms with Gasteiger partial charge in [0.05, 0.1) is 12.2 Å². The Kier molecular flexibility index (Phi) is 3.11. The van der Waals surface area contributed by atoms with Crippen LogP contribution in [0.4, 0.5) is 0 Å². The van der Waals surface area contributed by atoms with Crippen molar-refractivity contribution in [2.75, 3.05) is 6.61 Å². The molecule has 1 fully saturated rings. The molecule has 4 atom stereocenters. The van der Waals surface area contributed by atoms with Gasteiger partial charge in [-0.05, 0) is 0 Å². The Morgan fingerprint density at radius 2 is 2.00 bits per heavy atom. The van der Waals surface area contributed by atoms with Crippen LogP contribution in [0.1, 0.15) is 11.7 Å². The molecule has 0 bridgehead atoms. The van der Waals surface area contributed by atoms with Crippen LogP contribution in [0, 0.1) is 0 Å². The maximum absolute atomic E-state index is 11.5. The molecule has 0 aliphatic carbocycles. The predicted octanol–water partition coefficient (Wildman–Crippen LogP) is -2.78. The minimum absolute atomic E-state index is 0.00731. The Balaban J connectivity index is 2.35. The second kappa shape index (κ2) is 4.41. The van der Waals surface area contributed by atoms with Crippen molar-refractivity contribution in [3.8, 4) is 0 Å². The van der Waals surface area contributed by atoms with Gasteiger partial charge in [0.25, 0.3) is 5.56 Å². The number of hydrogen-bond donors (Lipinski definition) is 5. The second-order valence-electron chi connectivity index (χ2n) is 3.79. The standard InChI is InChI=1S/C9H12N2O6/c12-2-4-5(13)6(14)7(17-4)3-1-10-9(16)11-8(3)15/h1,4-7,12-14H,2H2,(H2,10,11,15,16). The van der Waals surface area contributed by atoms with Gasteiger partial charge in [-0.3, -0.25) is 9.78 Å². The van der Waals surface area contributed by atoms with Gasteiger partial charge in [-0.25, -0.2) is 4.79 Å². The second-order valence-corrected chi connectivity index (χ2v) is 3.79. The Hall–Kier alpha value is -1.48. The molecule has 17 heavy (non-hydrogen) atoms. The molecule has 0 radical (unpaired) electrons. The van der Waals surface area contributed by atoms with Gasteiger partial charge in [0.2, 0.25) is 0 Å². The van der Waals surface area contributed by atoms with Gasteiger partial charge in [0.1, 0.15) is 24.4 Å². The van der Waals surface area contributed by atoms with Crippen LogP contribution in [-0.2, 0) is 4.74 Å². The molecule has 2 heterocycles. The predicted molar refractivity (Wildman–Crippen MR) is 54.4 cm³/mol. The summed E-state index contributed by atoms with van der Waals surface area (Å²) in [5.41, 5.74) is -1.39. The molecule has 2 rings (SSSR count). The maximum atomic E-state index is 11.5. The third kappa shape index (κ3) is 2.03. The normalized spacial score (nSPS) is 32.9. The Bertz CT molecular complexity index is 509. The summed E-state index contributed by atoms with van der Waals surface area (Å²) >= 11 is 0. The first-order valence-electron chi connectivity index (χ1n) is 4.99. The maximum Gasteiger partial charge on any atom is 0.325 e. The first kappa shape index (κ1) is 12.0. The molecule has 0 aromatic carbocycles. The van der Waals surface area contributed by atoms with Gasteiger partial charge < -0.3 is 25.0 Å². The molecular formula is C9H12N2O6. The van der Waals surface area contributed by atoms with Crippen LogP contribution in [0.3, 0.4) is 0 Å². The monoisotopic (exact) mass is 244 g/mol. The lowest BCUT2D eigenvalue weighted by Gasteiger charge is -2.13. The van der Waals surface area contributed by atoms with Gasteiger partial charge in [0.15, 0.2) is 0 Å². The minimum atomic E-state index is -1.33. The topological polar surface area (TPSA) is 136 Å². The molecule has 94 valence electrons. The van der Waals surface area contributed by atoms with Crippen LogP contribution in [0.15, 0.2) is 15.8 Å². The van der Waals surface area contributed by atoms with E-state index in [1.165, 1.54) is 0 Å². The summed E-state index contributed by atoms with van der Waals surface area (Å²) in [6.45, 7) is -0.476. The molecule has 1 saturated heterocycles. The van der Waals surface area contributed by atoms with Crippen LogP contribution in [-0.4, -0.2) is 50.2 Å². The van der Waals surface area contributed by atoms with Crippen LogP contribution in [0.5, 0.6) is 0 Å². The smallest absolute Gasteiger partial charge is 0.325 e. The van der Waals surface area contributed by atoms with Crippen LogP contribution >= 0.6 is 0 Å². The first-order valence-corrected chi connectivity index (χ1v) is 4.99. The molecule has 5 N–H and O–H groups in total. The molecule has 1 aliphatic heterocycles. The number of nitrogens with one attached hydrogen (secondary N) is 2. The molecule has 8 heteroatoms. The molecule has 8 nitrogen and oxygen atoms in total. The Morgan fingerprint density at radius 3 is 2.53 bits per heavy atom. The van der Waals surface area contributed by atoms with Crippen LogP contribution < -0.4 is 11.2 Å². The molecule has 1 aliphatic rings. The van der Waals surface area contributed by atoms with E-state index >= 15 is 0 Å². The lowest BCUT2D eigenvalue weighted by Crippen LogP contribution is -2.34. The van der Waals surface area contributed by atoms with Crippen molar-refractivity contribution in [1.82, 2.24) is 9.97 Å². The van der Waals surface area contributed by atoms with E-state index < -0.39 is 42.3 Å². The summed E-state index contributed by atoms with van der Waals surface area (Å²) in [4.78, 5) is 26.5. The highest BCUT2D eigenvalue weighted by molar-refractivity contribution is 5.13. The highest BCUT2D eigenvalue weighted by Crippen LogP contribution is 2.31. The van der Waals surface area contributed by atoms with Crippen LogP contribution in [0.2, 0.25) is 0 Å². The van der Waals surface area contributed by atoms with E-state index in [0.29, 0.717) is 0 Å². The summed E-state index contributed by atoms with van der Waals surface area (Å²) in [6, 6.07) is 0. The first-order chi connectivity index (χ1) is 8.04. The number of H-pyrrole nitrogens is 2. The van der Waals surface area contributed by atoms with Crippen LogP contribution in [0.25, 0.3) is 0 Å².